The topological polar surface area (TPSA) is 50.4 Å². The van der Waals surface area contributed by atoms with E-state index in [2.05, 4.69) is 10.6 Å². The molecule has 2 fully saturated rings. The maximum Gasteiger partial charge on any atom is 0.237 e. The van der Waals surface area contributed by atoms with E-state index in [1.807, 2.05) is 6.92 Å². The molecule has 0 aromatic rings. The summed E-state index contributed by atoms with van der Waals surface area (Å²) in [4.78, 5) is 11.9. The van der Waals surface area contributed by atoms with E-state index in [9.17, 15) is 4.79 Å². The first kappa shape index (κ1) is 13.7. The lowest BCUT2D eigenvalue weighted by Crippen LogP contribution is -2.51. The van der Waals surface area contributed by atoms with Crippen molar-refractivity contribution < 1.29 is 9.53 Å². The molecular weight excluding hydrogens is 228 g/mol. The van der Waals surface area contributed by atoms with E-state index < -0.39 is 0 Å². The summed E-state index contributed by atoms with van der Waals surface area (Å²) in [6.07, 6.45) is 4.42. The molecule has 0 aromatic carbocycles. The molecule has 2 rings (SSSR count). The normalized spacial score (nSPS) is 34.2. The zero-order chi connectivity index (χ0) is 10.7. The van der Waals surface area contributed by atoms with E-state index in [0.717, 1.165) is 32.4 Å². The minimum atomic E-state index is 0. The van der Waals surface area contributed by atoms with Gasteiger partial charge in [-0.05, 0) is 32.7 Å². The summed E-state index contributed by atoms with van der Waals surface area (Å²) in [5.41, 5.74) is 0. The van der Waals surface area contributed by atoms with Crippen LogP contribution in [-0.4, -0.2) is 37.2 Å². The number of carbonyl (C=O) groups excluding carboxylic acids is 1. The molecule has 2 saturated heterocycles. The molecule has 0 radical (unpaired) electrons. The van der Waals surface area contributed by atoms with Gasteiger partial charge in [-0.1, -0.05) is 6.42 Å². The van der Waals surface area contributed by atoms with Crippen LogP contribution in [-0.2, 0) is 9.53 Å². The quantitative estimate of drug-likeness (QED) is 0.762. The number of nitrogens with one attached hydrogen (secondary N) is 2. The van der Waals surface area contributed by atoms with Crippen molar-refractivity contribution in [1.29, 1.82) is 0 Å². The molecular formula is C11H21ClN2O2. The molecule has 0 saturated carbocycles. The molecule has 2 heterocycles. The summed E-state index contributed by atoms with van der Waals surface area (Å²) in [5, 5.41) is 6.33. The van der Waals surface area contributed by atoms with Crippen LogP contribution in [0, 0.1) is 0 Å². The lowest BCUT2D eigenvalue weighted by atomic mass is 10.0. The fourth-order valence-electron chi connectivity index (χ4n) is 2.28. The average molecular weight is 249 g/mol. The SMILES string of the molecule is CC1OCCC1NC(=O)C1CCCCN1.Cl. The summed E-state index contributed by atoms with van der Waals surface area (Å²) in [5.74, 6) is 0.150. The predicted octanol–water partition coefficient (Wildman–Crippen LogP) is 0.844. The molecule has 0 bridgehead atoms. The van der Waals surface area contributed by atoms with Crippen molar-refractivity contribution in [3.05, 3.63) is 0 Å². The Kier molecular flexibility index (Phi) is 5.52. The first-order chi connectivity index (χ1) is 7.27. The molecule has 0 aliphatic carbocycles. The molecule has 3 unspecified atom stereocenters. The van der Waals surface area contributed by atoms with Crippen LogP contribution >= 0.6 is 12.4 Å². The molecule has 0 aromatic heterocycles. The van der Waals surface area contributed by atoms with Crippen LogP contribution in [0.2, 0.25) is 0 Å². The first-order valence-electron chi connectivity index (χ1n) is 5.93. The Hall–Kier alpha value is -0.320. The second-order valence-corrected chi connectivity index (χ2v) is 4.48. The maximum atomic E-state index is 11.9. The Balaban J connectivity index is 0.00000128. The van der Waals surface area contributed by atoms with Crippen molar-refractivity contribution in [1.82, 2.24) is 10.6 Å². The Morgan fingerprint density at radius 1 is 1.38 bits per heavy atom. The largest absolute Gasteiger partial charge is 0.376 e. The molecule has 0 spiro atoms. The summed E-state index contributed by atoms with van der Waals surface area (Å²) in [6, 6.07) is 0.229. The molecule has 3 atom stereocenters. The summed E-state index contributed by atoms with van der Waals surface area (Å²) < 4.78 is 5.42. The van der Waals surface area contributed by atoms with Crippen molar-refractivity contribution >= 4 is 18.3 Å². The number of halogens is 1. The lowest BCUT2D eigenvalue weighted by Gasteiger charge is -2.25. The Morgan fingerprint density at radius 3 is 2.75 bits per heavy atom. The smallest absolute Gasteiger partial charge is 0.237 e. The van der Waals surface area contributed by atoms with E-state index >= 15 is 0 Å². The van der Waals surface area contributed by atoms with Gasteiger partial charge in [0.25, 0.3) is 0 Å². The fraction of sp³-hybridized carbons (Fsp3) is 0.909. The molecule has 4 nitrogen and oxygen atoms in total. The molecule has 5 heteroatoms. The number of carbonyl (C=O) groups is 1. The van der Waals surface area contributed by atoms with Crippen LogP contribution in [0.1, 0.15) is 32.6 Å². The average Bonchev–Trinajstić information content (AvgIpc) is 2.66. The maximum absolute atomic E-state index is 11.9. The minimum Gasteiger partial charge on any atom is -0.376 e. The number of hydrogen-bond acceptors (Lipinski definition) is 3. The minimum absolute atomic E-state index is 0. The van der Waals surface area contributed by atoms with E-state index in [4.69, 9.17) is 4.74 Å². The van der Waals surface area contributed by atoms with Crippen LogP contribution < -0.4 is 10.6 Å². The van der Waals surface area contributed by atoms with E-state index in [1.165, 1.54) is 6.42 Å². The highest BCUT2D eigenvalue weighted by molar-refractivity contribution is 5.85. The van der Waals surface area contributed by atoms with Gasteiger partial charge in [0.2, 0.25) is 5.91 Å². The summed E-state index contributed by atoms with van der Waals surface area (Å²) >= 11 is 0. The molecule has 2 aliphatic rings. The zero-order valence-electron chi connectivity index (χ0n) is 9.70. The Morgan fingerprint density at radius 2 is 2.19 bits per heavy atom. The van der Waals surface area contributed by atoms with Gasteiger partial charge in [0, 0.05) is 6.61 Å². The number of piperidine rings is 1. The number of ether oxygens (including phenoxy) is 1. The van der Waals surface area contributed by atoms with Crippen LogP contribution in [0.5, 0.6) is 0 Å². The lowest BCUT2D eigenvalue weighted by molar-refractivity contribution is -0.124. The molecule has 94 valence electrons. The van der Waals surface area contributed by atoms with Crippen LogP contribution in [0.15, 0.2) is 0 Å². The van der Waals surface area contributed by atoms with Gasteiger partial charge in [-0.25, -0.2) is 0 Å². The van der Waals surface area contributed by atoms with Gasteiger partial charge < -0.3 is 15.4 Å². The van der Waals surface area contributed by atoms with Crippen molar-refractivity contribution in [2.75, 3.05) is 13.2 Å². The fourth-order valence-corrected chi connectivity index (χ4v) is 2.28. The summed E-state index contributed by atoms with van der Waals surface area (Å²) in [7, 11) is 0. The standard InChI is InChI=1S/C11H20N2O2.ClH/c1-8-9(5-7-15-8)13-11(14)10-4-2-3-6-12-10;/h8-10,12H,2-7H2,1H3,(H,13,14);1H. The van der Waals surface area contributed by atoms with Gasteiger partial charge in [-0.15, -0.1) is 12.4 Å². The summed E-state index contributed by atoms with van der Waals surface area (Å²) in [6.45, 7) is 3.76. The molecule has 2 aliphatic heterocycles. The van der Waals surface area contributed by atoms with Crippen LogP contribution in [0.4, 0.5) is 0 Å². The van der Waals surface area contributed by atoms with Crippen molar-refractivity contribution in [2.45, 2.75) is 50.8 Å². The van der Waals surface area contributed by atoms with E-state index in [0.29, 0.717) is 0 Å². The van der Waals surface area contributed by atoms with Gasteiger partial charge in [0.1, 0.15) is 0 Å². The van der Waals surface area contributed by atoms with Gasteiger partial charge >= 0.3 is 0 Å². The number of amides is 1. The second-order valence-electron chi connectivity index (χ2n) is 4.48. The predicted molar refractivity (Wildman–Crippen MR) is 64.9 cm³/mol. The monoisotopic (exact) mass is 248 g/mol. The van der Waals surface area contributed by atoms with Gasteiger partial charge in [-0.3, -0.25) is 4.79 Å². The van der Waals surface area contributed by atoms with Crippen molar-refractivity contribution in [3.63, 3.8) is 0 Å². The molecule has 16 heavy (non-hydrogen) atoms. The Labute approximate surface area is 103 Å². The molecule has 2 N–H and O–H groups in total. The highest BCUT2D eigenvalue weighted by Crippen LogP contribution is 2.14. The first-order valence-corrected chi connectivity index (χ1v) is 5.93. The zero-order valence-corrected chi connectivity index (χ0v) is 10.5. The van der Waals surface area contributed by atoms with Gasteiger partial charge in [0.05, 0.1) is 18.2 Å². The molecule has 1 amide bonds. The number of hydrogen-bond donors (Lipinski definition) is 2. The van der Waals surface area contributed by atoms with Crippen molar-refractivity contribution in [2.24, 2.45) is 0 Å². The Bertz CT molecular complexity index is 232. The van der Waals surface area contributed by atoms with Gasteiger partial charge in [0.15, 0.2) is 0 Å². The van der Waals surface area contributed by atoms with Crippen molar-refractivity contribution in [3.8, 4) is 0 Å². The third kappa shape index (κ3) is 3.34. The third-order valence-corrected chi connectivity index (χ3v) is 3.33. The highest BCUT2D eigenvalue weighted by atomic mass is 35.5. The van der Waals surface area contributed by atoms with Crippen LogP contribution in [0.25, 0.3) is 0 Å². The van der Waals surface area contributed by atoms with Crippen LogP contribution in [0.3, 0.4) is 0 Å². The van der Waals surface area contributed by atoms with Gasteiger partial charge in [-0.2, -0.15) is 0 Å². The van der Waals surface area contributed by atoms with E-state index in [-0.39, 0.29) is 36.5 Å². The van der Waals surface area contributed by atoms with E-state index in [1.54, 1.807) is 0 Å². The third-order valence-electron chi connectivity index (χ3n) is 3.33. The number of rotatable bonds is 2. The highest BCUT2D eigenvalue weighted by Gasteiger charge is 2.28. The second kappa shape index (κ2) is 6.42.